The Hall–Kier alpha value is -0.520. The molecule has 2 aliphatic heterocycles. The van der Waals surface area contributed by atoms with Gasteiger partial charge in [-0.1, -0.05) is 0 Å². The maximum Gasteiger partial charge on any atom is 0.263 e. The fourth-order valence-electron chi connectivity index (χ4n) is 3.81. The van der Waals surface area contributed by atoms with Crippen LogP contribution in [0, 0.1) is 11.8 Å². The molecule has 3 unspecified atom stereocenters. The van der Waals surface area contributed by atoms with Crippen LogP contribution in [0.3, 0.4) is 0 Å². The molecule has 0 bridgehead atoms. The first-order chi connectivity index (χ1) is 9.72. The molecule has 3 nitrogen and oxygen atoms in total. The molecule has 3 heterocycles. The Morgan fingerprint density at radius 3 is 3.05 bits per heavy atom. The molecule has 0 spiro atoms. The molecule has 1 amide bonds. The van der Waals surface area contributed by atoms with Crippen LogP contribution in [0.15, 0.2) is 6.07 Å². The number of hydrogen-bond donors (Lipinski definition) is 1. The maximum absolute atomic E-state index is 12.7. The van der Waals surface area contributed by atoms with Crippen LogP contribution in [-0.4, -0.2) is 40.9 Å². The molecule has 0 radical (unpaired) electrons. The van der Waals surface area contributed by atoms with E-state index in [9.17, 15) is 9.90 Å². The van der Waals surface area contributed by atoms with Gasteiger partial charge in [0.15, 0.2) is 0 Å². The molecule has 1 saturated carbocycles. The fourth-order valence-corrected chi connectivity index (χ4v) is 6.15. The SMILES string of the molecule is O=C(c1cc2c(s1)CCSC2)N1CC2CCC(O)C2C1. The van der Waals surface area contributed by atoms with Crippen molar-refractivity contribution in [1.29, 1.82) is 0 Å². The van der Waals surface area contributed by atoms with Crippen LogP contribution in [0.5, 0.6) is 0 Å². The molecule has 3 aliphatic rings. The van der Waals surface area contributed by atoms with Gasteiger partial charge in [-0.3, -0.25) is 4.79 Å². The highest BCUT2D eigenvalue weighted by atomic mass is 32.2. The summed E-state index contributed by atoms with van der Waals surface area (Å²) in [6.45, 7) is 1.60. The van der Waals surface area contributed by atoms with Crippen LogP contribution in [-0.2, 0) is 12.2 Å². The van der Waals surface area contributed by atoms with E-state index >= 15 is 0 Å². The molecule has 5 heteroatoms. The number of carbonyl (C=O) groups excluding carboxylic acids is 1. The van der Waals surface area contributed by atoms with Crippen molar-refractivity contribution >= 4 is 29.0 Å². The number of thioether (sulfide) groups is 1. The van der Waals surface area contributed by atoms with E-state index in [1.54, 1.807) is 11.3 Å². The van der Waals surface area contributed by atoms with Gasteiger partial charge in [0.05, 0.1) is 11.0 Å². The van der Waals surface area contributed by atoms with Gasteiger partial charge in [-0.15, -0.1) is 11.3 Å². The summed E-state index contributed by atoms with van der Waals surface area (Å²) in [5.41, 5.74) is 1.37. The summed E-state index contributed by atoms with van der Waals surface area (Å²) >= 11 is 3.65. The first-order valence-corrected chi connectivity index (χ1v) is 9.36. The zero-order chi connectivity index (χ0) is 13.7. The van der Waals surface area contributed by atoms with Gasteiger partial charge >= 0.3 is 0 Å². The van der Waals surface area contributed by atoms with E-state index in [1.807, 2.05) is 16.7 Å². The highest BCUT2D eigenvalue weighted by Gasteiger charge is 2.43. The Kier molecular flexibility index (Phi) is 3.32. The van der Waals surface area contributed by atoms with Gasteiger partial charge in [0.25, 0.3) is 5.91 Å². The van der Waals surface area contributed by atoms with E-state index in [0.717, 1.165) is 43.0 Å². The van der Waals surface area contributed by atoms with Gasteiger partial charge in [-0.05, 0) is 42.6 Å². The largest absolute Gasteiger partial charge is 0.393 e. The lowest BCUT2D eigenvalue weighted by molar-refractivity contribution is 0.0757. The van der Waals surface area contributed by atoms with Crippen molar-refractivity contribution in [2.24, 2.45) is 11.8 Å². The molecule has 1 aromatic heterocycles. The molecular formula is C15H19NO2S2. The van der Waals surface area contributed by atoms with Gasteiger partial charge in [-0.25, -0.2) is 0 Å². The number of aliphatic hydroxyl groups is 1. The average Bonchev–Trinajstić information content (AvgIpc) is 3.13. The third-order valence-corrected chi connectivity index (χ3v) is 7.18. The molecule has 108 valence electrons. The van der Waals surface area contributed by atoms with E-state index in [1.165, 1.54) is 16.2 Å². The van der Waals surface area contributed by atoms with Crippen molar-refractivity contribution in [3.05, 3.63) is 21.4 Å². The van der Waals surface area contributed by atoms with E-state index < -0.39 is 0 Å². The number of amides is 1. The van der Waals surface area contributed by atoms with Crippen molar-refractivity contribution in [1.82, 2.24) is 4.90 Å². The summed E-state index contributed by atoms with van der Waals surface area (Å²) in [6, 6.07) is 2.11. The molecule has 1 N–H and O–H groups in total. The predicted molar refractivity (Wildman–Crippen MR) is 82.3 cm³/mol. The molecule has 0 aromatic carbocycles. The van der Waals surface area contributed by atoms with Crippen LogP contribution in [0.4, 0.5) is 0 Å². The van der Waals surface area contributed by atoms with E-state index in [4.69, 9.17) is 0 Å². The first-order valence-electron chi connectivity index (χ1n) is 7.39. The highest BCUT2D eigenvalue weighted by molar-refractivity contribution is 7.98. The third-order valence-electron chi connectivity index (χ3n) is 4.94. The van der Waals surface area contributed by atoms with Crippen LogP contribution in [0.2, 0.25) is 0 Å². The Morgan fingerprint density at radius 1 is 1.35 bits per heavy atom. The second-order valence-electron chi connectivity index (χ2n) is 6.14. The van der Waals surface area contributed by atoms with Gasteiger partial charge < -0.3 is 10.0 Å². The van der Waals surface area contributed by atoms with Gasteiger partial charge in [0.2, 0.25) is 0 Å². The number of rotatable bonds is 1. The number of likely N-dealkylation sites (tertiary alicyclic amines) is 1. The molecule has 1 aliphatic carbocycles. The normalized spacial score (nSPS) is 32.2. The molecule has 3 atom stereocenters. The second kappa shape index (κ2) is 5.04. The Bertz CT molecular complexity index is 518. The summed E-state index contributed by atoms with van der Waals surface area (Å²) in [4.78, 5) is 16.9. The summed E-state index contributed by atoms with van der Waals surface area (Å²) in [5, 5.41) is 9.96. The first kappa shape index (κ1) is 13.2. The predicted octanol–water partition coefficient (Wildman–Crippen LogP) is 2.38. The quantitative estimate of drug-likeness (QED) is 0.866. The minimum Gasteiger partial charge on any atom is -0.393 e. The number of carbonyl (C=O) groups is 1. The number of aliphatic hydroxyl groups excluding tert-OH is 1. The van der Waals surface area contributed by atoms with E-state index in [0.29, 0.717) is 11.8 Å². The number of fused-ring (bicyclic) bond motifs is 2. The molecule has 4 rings (SSSR count). The zero-order valence-corrected chi connectivity index (χ0v) is 13.0. The Balaban J connectivity index is 1.52. The van der Waals surface area contributed by atoms with Crippen LogP contribution < -0.4 is 0 Å². The van der Waals surface area contributed by atoms with Crippen LogP contribution >= 0.6 is 23.1 Å². The number of hydrogen-bond acceptors (Lipinski definition) is 4. The molecule has 20 heavy (non-hydrogen) atoms. The number of aryl methyl sites for hydroxylation is 1. The topological polar surface area (TPSA) is 40.5 Å². The lowest BCUT2D eigenvalue weighted by Gasteiger charge is -2.17. The fraction of sp³-hybridized carbons (Fsp3) is 0.667. The van der Waals surface area contributed by atoms with Crippen LogP contribution in [0.25, 0.3) is 0 Å². The lowest BCUT2D eigenvalue weighted by Crippen LogP contribution is -2.30. The third kappa shape index (κ3) is 2.11. The van der Waals surface area contributed by atoms with Crippen LogP contribution in [0.1, 0.15) is 33.0 Å². The number of nitrogens with zero attached hydrogens (tertiary/aromatic N) is 1. The zero-order valence-electron chi connectivity index (χ0n) is 11.4. The summed E-state index contributed by atoms with van der Waals surface area (Å²) < 4.78 is 0. The van der Waals surface area contributed by atoms with E-state index in [2.05, 4.69) is 6.07 Å². The van der Waals surface area contributed by atoms with Crippen molar-refractivity contribution < 1.29 is 9.90 Å². The van der Waals surface area contributed by atoms with Crippen molar-refractivity contribution in [2.45, 2.75) is 31.1 Å². The monoisotopic (exact) mass is 309 g/mol. The average molecular weight is 309 g/mol. The molecular weight excluding hydrogens is 290 g/mol. The minimum atomic E-state index is -0.189. The van der Waals surface area contributed by atoms with Crippen molar-refractivity contribution in [2.75, 3.05) is 18.8 Å². The molecule has 1 aromatic rings. The van der Waals surface area contributed by atoms with Gasteiger partial charge in [-0.2, -0.15) is 11.8 Å². The standard InChI is InChI=1S/C15H19NO2S2/c17-12-2-1-9-6-16(7-11(9)12)15(18)14-5-10-8-19-4-3-13(10)20-14/h5,9,11-12,17H,1-4,6-8H2. The highest BCUT2D eigenvalue weighted by Crippen LogP contribution is 2.39. The summed E-state index contributed by atoms with van der Waals surface area (Å²) in [7, 11) is 0. The Morgan fingerprint density at radius 2 is 2.25 bits per heavy atom. The summed E-state index contributed by atoms with van der Waals surface area (Å²) in [5.74, 6) is 3.28. The van der Waals surface area contributed by atoms with Gasteiger partial charge in [0, 0.05) is 29.6 Å². The lowest BCUT2D eigenvalue weighted by atomic mass is 10.00. The summed E-state index contributed by atoms with van der Waals surface area (Å²) in [6.07, 6.45) is 2.92. The Labute approximate surface area is 127 Å². The second-order valence-corrected chi connectivity index (χ2v) is 8.38. The van der Waals surface area contributed by atoms with Gasteiger partial charge in [0.1, 0.15) is 0 Å². The maximum atomic E-state index is 12.7. The molecule has 1 saturated heterocycles. The smallest absolute Gasteiger partial charge is 0.263 e. The van der Waals surface area contributed by atoms with Crippen molar-refractivity contribution in [3.63, 3.8) is 0 Å². The van der Waals surface area contributed by atoms with E-state index in [-0.39, 0.29) is 12.0 Å². The number of thiophene rings is 1. The van der Waals surface area contributed by atoms with Crippen molar-refractivity contribution in [3.8, 4) is 0 Å². The minimum absolute atomic E-state index is 0.189. The molecule has 2 fully saturated rings.